The van der Waals surface area contributed by atoms with Gasteiger partial charge in [-0.05, 0) is 62.4 Å². The zero-order valence-corrected chi connectivity index (χ0v) is 21.6. The van der Waals surface area contributed by atoms with Crippen molar-refractivity contribution in [1.82, 2.24) is 14.5 Å². The normalized spacial score (nSPS) is 12.3. The summed E-state index contributed by atoms with van der Waals surface area (Å²) in [5.74, 6) is 1.00. The summed E-state index contributed by atoms with van der Waals surface area (Å²) < 4.78 is 1.73. The largest absolute Gasteiger partial charge is 0.333 e. The van der Waals surface area contributed by atoms with Crippen LogP contribution in [0.5, 0.6) is 0 Å². The molecule has 182 valence electrons. The topological polar surface area (TPSA) is 55.2 Å². The van der Waals surface area contributed by atoms with Crippen LogP contribution < -0.4 is 5.56 Å². The van der Waals surface area contributed by atoms with E-state index in [-0.39, 0.29) is 23.4 Å². The van der Waals surface area contributed by atoms with Crippen molar-refractivity contribution >= 4 is 16.8 Å². The van der Waals surface area contributed by atoms with Crippen molar-refractivity contribution in [1.29, 1.82) is 0 Å². The Bertz CT molecular complexity index is 1200. The average molecular weight is 462 g/mol. The van der Waals surface area contributed by atoms with Crippen LogP contribution in [0.25, 0.3) is 16.6 Å². The highest BCUT2D eigenvalue weighted by molar-refractivity contribution is 5.79. The Hall–Kier alpha value is -2.95. The van der Waals surface area contributed by atoms with Crippen molar-refractivity contribution in [2.24, 2.45) is 5.92 Å². The Kier molecular flexibility index (Phi) is 8.65. The lowest BCUT2D eigenvalue weighted by Gasteiger charge is -2.31. The summed E-state index contributed by atoms with van der Waals surface area (Å²) in [7, 11) is 0. The summed E-state index contributed by atoms with van der Waals surface area (Å²) in [6.07, 6.45) is 4.82. The second kappa shape index (κ2) is 11.5. The van der Waals surface area contributed by atoms with E-state index in [4.69, 9.17) is 4.98 Å². The number of nitrogens with zero attached hydrogens (tertiary/aromatic N) is 3. The highest BCUT2D eigenvalue weighted by atomic mass is 16.2. The monoisotopic (exact) mass is 461 g/mol. The lowest BCUT2D eigenvalue weighted by molar-refractivity contribution is -0.134. The zero-order chi connectivity index (χ0) is 24.8. The molecule has 0 aliphatic carbocycles. The van der Waals surface area contributed by atoms with Crippen LogP contribution in [0.2, 0.25) is 0 Å². The van der Waals surface area contributed by atoms with Crippen LogP contribution in [0.3, 0.4) is 0 Å². The Balaban J connectivity index is 2.18. The van der Waals surface area contributed by atoms with Crippen LogP contribution in [0.1, 0.15) is 82.8 Å². The maximum atomic E-state index is 13.8. The first kappa shape index (κ1) is 25.7. The van der Waals surface area contributed by atoms with E-state index in [1.165, 1.54) is 0 Å². The smallest absolute Gasteiger partial charge is 0.266 e. The zero-order valence-electron chi connectivity index (χ0n) is 21.6. The number of benzene rings is 2. The number of aromatic nitrogens is 2. The Morgan fingerprint density at radius 1 is 1.03 bits per heavy atom. The molecule has 0 saturated heterocycles. The molecule has 1 heterocycles. The van der Waals surface area contributed by atoms with Crippen molar-refractivity contribution in [3.8, 4) is 5.69 Å². The molecule has 3 aromatic rings. The van der Waals surface area contributed by atoms with Crippen LogP contribution in [-0.4, -0.2) is 26.9 Å². The first-order valence-electron chi connectivity index (χ1n) is 12.6. The molecular weight excluding hydrogens is 422 g/mol. The first-order valence-corrected chi connectivity index (χ1v) is 12.6. The van der Waals surface area contributed by atoms with E-state index < -0.39 is 0 Å². The number of fused-ring (bicyclic) bond motifs is 1. The lowest BCUT2D eigenvalue weighted by Crippen LogP contribution is -2.38. The molecular formula is C29H39N3O2. The number of hydrogen-bond acceptors (Lipinski definition) is 3. The summed E-state index contributed by atoms with van der Waals surface area (Å²) in [5.41, 5.74) is 3.47. The molecule has 0 spiro atoms. The molecule has 0 aliphatic heterocycles. The minimum atomic E-state index is -0.329. The molecule has 3 rings (SSSR count). The standard InChI is InChI=1S/C29H39N3O2/c1-7-8-9-12-17-31(27(33)18-20(2)3)23(6)28-30-25-14-11-10-13-24(25)29(34)32(28)26-19-21(4)15-16-22(26)5/h10-11,13-16,19-20,23H,7-9,12,17-18H2,1-6H3. The van der Waals surface area contributed by atoms with Gasteiger partial charge in [-0.25, -0.2) is 4.98 Å². The van der Waals surface area contributed by atoms with Crippen LogP contribution in [0.4, 0.5) is 0 Å². The van der Waals surface area contributed by atoms with Gasteiger partial charge in [-0.1, -0.05) is 64.3 Å². The summed E-state index contributed by atoms with van der Waals surface area (Å²) in [5, 5.41) is 0.586. The molecule has 5 heteroatoms. The van der Waals surface area contributed by atoms with Crippen molar-refractivity contribution in [2.75, 3.05) is 6.54 Å². The van der Waals surface area contributed by atoms with Crippen molar-refractivity contribution in [3.63, 3.8) is 0 Å². The van der Waals surface area contributed by atoms with Gasteiger partial charge in [-0.15, -0.1) is 0 Å². The highest BCUT2D eigenvalue weighted by Gasteiger charge is 2.27. The van der Waals surface area contributed by atoms with Gasteiger partial charge in [0.1, 0.15) is 5.82 Å². The van der Waals surface area contributed by atoms with Gasteiger partial charge in [0, 0.05) is 13.0 Å². The van der Waals surface area contributed by atoms with E-state index in [0.717, 1.165) is 42.5 Å². The number of rotatable bonds is 10. The third-order valence-corrected chi connectivity index (χ3v) is 6.40. The molecule has 0 saturated carbocycles. The Labute approximate surface area is 203 Å². The number of carbonyl (C=O) groups is 1. The number of hydrogen-bond donors (Lipinski definition) is 0. The van der Waals surface area contributed by atoms with Gasteiger partial charge in [0.25, 0.3) is 5.56 Å². The van der Waals surface area contributed by atoms with Gasteiger partial charge in [0.2, 0.25) is 5.91 Å². The number of para-hydroxylation sites is 1. The molecule has 1 amide bonds. The average Bonchev–Trinajstić information content (AvgIpc) is 2.80. The minimum absolute atomic E-state index is 0.0941. The van der Waals surface area contributed by atoms with Gasteiger partial charge >= 0.3 is 0 Å². The van der Waals surface area contributed by atoms with E-state index in [0.29, 0.717) is 29.7 Å². The van der Waals surface area contributed by atoms with Gasteiger partial charge in [0.15, 0.2) is 0 Å². The second-order valence-electron chi connectivity index (χ2n) is 9.84. The summed E-state index contributed by atoms with van der Waals surface area (Å²) >= 11 is 0. The molecule has 1 aromatic heterocycles. The summed E-state index contributed by atoms with van der Waals surface area (Å²) in [4.78, 5) is 34.1. The van der Waals surface area contributed by atoms with Gasteiger partial charge in [0.05, 0.1) is 22.6 Å². The van der Waals surface area contributed by atoms with E-state index in [1.807, 2.05) is 68.1 Å². The maximum absolute atomic E-state index is 13.8. The molecule has 1 atom stereocenters. The second-order valence-corrected chi connectivity index (χ2v) is 9.84. The molecule has 34 heavy (non-hydrogen) atoms. The quantitative estimate of drug-likeness (QED) is 0.323. The number of amides is 1. The predicted octanol–water partition coefficient (Wildman–Crippen LogP) is 6.52. The summed E-state index contributed by atoms with van der Waals surface area (Å²) in [6, 6.07) is 13.3. The Morgan fingerprint density at radius 3 is 2.47 bits per heavy atom. The van der Waals surface area contributed by atoms with Crippen LogP contribution in [-0.2, 0) is 4.79 Å². The summed E-state index contributed by atoms with van der Waals surface area (Å²) in [6.45, 7) is 13.0. The van der Waals surface area contributed by atoms with E-state index in [2.05, 4.69) is 20.8 Å². The molecule has 0 aliphatic rings. The maximum Gasteiger partial charge on any atom is 0.266 e. The van der Waals surface area contributed by atoms with Crippen LogP contribution in [0, 0.1) is 19.8 Å². The molecule has 5 nitrogen and oxygen atoms in total. The first-order chi connectivity index (χ1) is 16.2. The van der Waals surface area contributed by atoms with Gasteiger partial charge in [-0.2, -0.15) is 0 Å². The van der Waals surface area contributed by atoms with Gasteiger partial charge < -0.3 is 4.90 Å². The van der Waals surface area contributed by atoms with Crippen LogP contribution in [0.15, 0.2) is 47.3 Å². The van der Waals surface area contributed by atoms with Crippen molar-refractivity contribution in [3.05, 3.63) is 69.8 Å². The molecule has 2 aromatic carbocycles. The van der Waals surface area contributed by atoms with E-state index in [1.54, 1.807) is 4.57 Å². The molecule has 0 bridgehead atoms. The fourth-order valence-electron chi connectivity index (χ4n) is 4.47. The molecule has 0 N–H and O–H groups in total. The van der Waals surface area contributed by atoms with E-state index >= 15 is 0 Å². The molecule has 0 fully saturated rings. The van der Waals surface area contributed by atoms with Crippen molar-refractivity contribution < 1.29 is 4.79 Å². The number of unbranched alkanes of at least 4 members (excludes halogenated alkanes) is 3. The highest BCUT2D eigenvalue weighted by Crippen LogP contribution is 2.26. The predicted molar refractivity (Wildman–Crippen MR) is 141 cm³/mol. The van der Waals surface area contributed by atoms with E-state index in [9.17, 15) is 9.59 Å². The van der Waals surface area contributed by atoms with Crippen LogP contribution >= 0.6 is 0 Å². The molecule has 0 radical (unpaired) electrons. The minimum Gasteiger partial charge on any atom is -0.333 e. The lowest BCUT2D eigenvalue weighted by atomic mass is 10.1. The third kappa shape index (κ3) is 5.75. The fraction of sp³-hybridized carbons (Fsp3) is 0.483. The number of carbonyl (C=O) groups excluding carboxylic acids is 1. The fourth-order valence-corrected chi connectivity index (χ4v) is 4.47. The third-order valence-electron chi connectivity index (χ3n) is 6.40. The SMILES string of the molecule is CCCCCCN(C(=O)CC(C)C)C(C)c1nc2ccccc2c(=O)n1-c1cc(C)ccc1C. The van der Waals surface area contributed by atoms with Crippen molar-refractivity contribution in [2.45, 2.75) is 79.7 Å². The van der Waals surface area contributed by atoms with Gasteiger partial charge in [-0.3, -0.25) is 14.2 Å². The Morgan fingerprint density at radius 2 is 1.76 bits per heavy atom. The molecule has 1 unspecified atom stereocenters. The number of aryl methyl sites for hydroxylation is 2.